The molecule has 0 amide bonds. The zero-order valence-corrected chi connectivity index (χ0v) is 8.96. The highest BCUT2D eigenvalue weighted by Crippen LogP contribution is 2.20. The molecular formula is C11H16FNO2. The van der Waals surface area contributed by atoms with Crippen LogP contribution in [-0.4, -0.2) is 25.4 Å². The molecule has 0 radical (unpaired) electrons. The van der Waals surface area contributed by atoms with Crippen LogP contribution in [0.15, 0.2) is 18.2 Å². The molecular weight excluding hydrogens is 197 g/mol. The molecule has 0 aliphatic heterocycles. The summed E-state index contributed by atoms with van der Waals surface area (Å²) in [5.74, 6) is -0.907. The van der Waals surface area contributed by atoms with Gasteiger partial charge in [0.25, 0.3) is 0 Å². The van der Waals surface area contributed by atoms with Crippen molar-refractivity contribution in [3.63, 3.8) is 0 Å². The van der Waals surface area contributed by atoms with E-state index in [9.17, 15) is 4.39 Å². The number of phenols is 1. The van der Waals surface area contributed by atoms with Crippen LogP contribution in [0.1, 0.15) is 18.5 Å². The number of ether oxygens (including phenoxy) is 1. The number of halogens is 1. The Labute approximate surface area is 88.9 Å². The Morgan fingerprint density at radius 3 is 2.87 bits per heavy atom. The van der Waals surface area contributed by atoms with Gasteiger partial charge in [-0.05, 0) is 24.6 Å². The summed E-state index contributed by atoms with van der Waals surface area (Å²) in [7, 11) is 1.63. The van der Waals surface area contributed by atoms with Crippen LogP contribution in [0.4, 0.5) is 4.39 Å². The van der Waals surface area contributed by atoms with Gasteiger partial charge in [-0.15, -0.1) is 0 Å². The third kappa shape index (κ3) is 3.49. The SMILES string of the molecule is COCCN[C@H](C)c1ccc(O)c(F)c1. The molecule has 2 N–H and O–H groups in total. The van der Waals surface area contributed by atoms with E-state index in [-0.39, 0.29) is 11.8 Å². The van der Waals surface area contributed by atoms with Crippen LogP contribution < -0.4 is 5.32 Å². The number of benzene rings is 1. The van der Waals surface area contributed by atoms with Crippen LogP contribution in [0.2, 0.25) is 0 Å². The van der Waals surface area contributed by atoms with Crippen molar-refractivity contribution in [3.8, 4) is 5.75 Å². The Hall–Kier alpha value is -1.13. The highest BCUT2D eigenvalue weighted by Gasteiger charge is 2.07. The standard InChI is InChI=1S/C11H16FNO2/c1-8(13-5-6-15-2)9-3-4-11(14)10(12)7-9/h3-4,7-8,13-14H,5-6H2,1-2H3/t8-/m1/s1. The van der Waals surface area contributed by atoms with Crippen molar-refractivity contribution in [2.24, 2.45) is 0 Å². The van der Waals surface area contributed by atoms with Gasteiger partial charge in [-0.1, -0.05) is 6.07 Å². The number of hydrogen-bond donors (Lipinski definition) is 2. The molecule has 4 heteroatoms. The average Bonchev–Trinajstić information content (AvgIpc) is 2.22. The molecule has 3 nitrogen and oxygen atoms in total. The molecule has 0 aliphatic carbocycles. The van der Waals surface area contributed by atoms with Crippen molar-refractivity contribution in [2.75, 3.05) is 20.3 Å². The number of methoxy groups -OCH3 is 1. The smallest absolute Gasteiger partial charge is 0.165 e. The third-order valence-electron chi connectivity index (χ3n) is 2.23. The van der Waals surface area contributed by atoms with E-state index in [1.54, 1.807) is 13.2 Å². The van der Waals surface area contributed by atoms with Crippen molar-refractivity contribution >= 4 is 0 Å². The van der Waals surface area contributed by atoms with Crippen LogP contribution in [0.3, 0.4) is 0 Å². The molecule has 84 valence electrons. The van der Waals surface area contributed by atoms with Gasteiger partial charge >= 0.3 is 0 Å². The normalized spacial score (nSPS) is 12.7. The summed E-state index contributed by atoms with van der Waals surface area (Å²) in [5, 5.41) is 12.2. The summed E-state index contributed by atoms with van der Waals surface area (Å²) in [6, 6.07) is 4.43. The Morgan fingerprint density at radius 1 is 1.53 bits per heavy atom. The summed E-state index contributed by atoms with van der Waals surface area (Å²) in [4.78, 5) is 0. The van der Waals surface area contributed by atoms with Gasteiger partial charge in [0, 0.05) is 19.7 Å². The molecule has 0 saturated heterocycles. The lowest BCUT2D eigenvalue weighted by Gasteiger charge is -2.14. The van der Waals surface area contributed by atoms with Crippen LogP contribution in [-0.2, 0) is 4.74 Å². The van der Waals surface area contributed by atoms with Gasteiger partial charge in [-0.2, -0.15) is 0 Å². The first-order valence-corrected chi connectivity index (χ1v) is 4.86. The second-order valence-corrected chi connectivity index (χ2v) is 3.38. The first kappa shape index (κ1) is 11.9. The topological polar surface area (TPSA) is 41.5 Å². The fraction of sp³-hybridized carbons (Fsp3) is 0.455. The number of aromatic hydroxyl groups is 1. The van der Waals surface area contributed by atoms with Gasteiger partial charge < -0.3 is 15.2 Å². The summed E-state index contributed by atoms with van der Waals surface area (Å²) in [5.41, 5.74) is 0.807. The monoisotopic (exact) mass is 213 g/mol. The lowest BCUT2D eigenvalue weighted by molar-refractivity contribution is 0.196. The predicted octanol–water partition coefficient (Wildman–Crippen LogP) is 1.83. The Balaban J connectivity index is 2.57. The van der Waals surface area contributed by atoms with E-state index in [1.165, 1.54) is 12.1 Å². The van der Waals surface area contributed by atoms with E-state index in [2.05, 4.69) is 5.32 Å². The van der Waals surface area contributed by atoms with E-state index in [0.717, 1.165) is 5.56 Å². The fourth-order valence-electron chi connectivity index (χ4n) is 1.29. The lowest BCUT2D eigenvalue weighted by Crippen LogP contribution is -2.22. The van der Waals surface area contributed by atoms with Crippen molar-refractivity contribution in [1.82, 2.24) is 5.32 Å². The molecule has 1 aromatic rings. The summed E-state index contributed by atoms with van der Waals surface area (Å²) < 4.78 is 17.9. The molecule has 1 rings (SSSR count). The average molecular weight is 213 g/mol. The van der Waals surface area contributed by atoms with Crippen molar-refractivity contribution < 1.29 is 14.2 Å². The van der Waals surface area contributed by atoms with Gasteiger partial charge in [-0.25, -0.2) is 4.39 Å². The van der Waals surface area contributed by atoms with Gasteiger partial charge in [0.2, 0.25) is 0 Å². The molecule has 0 fully saturated rings. The van der Waals surface area contributed by atoms with E-state index in [4.69, 9.17) is 9.84 Å². The van der Waals surface area contributed by atoms with E-state index < -0.39 is 5.82 Å². The zero-order valence-electron chi connectivity index (χ0n) is 8.96. The van der Waals surface area contributed by atoms with Gasteiger partial charge in [0.05, 0.1) is 6.61 Å². The molecule has 0 aliphatic rings. The highest BCUT2D eigenvalue weighted by atomic mass is 19.1. The minimum Gasteiger partial charge on any atom is -0.505 e. The predicted molar refractivity (Wildman–Crippen MR) is 56.4 cm³/mol. The third-order valence-corrected chi connectivity index (χ3v) is 2.23. The number of rotatable bonds is 5. The molecule has 15 heavy (non-hydrogen) atoms. The summed E-state index contributed by atoms with van der Waals surface area (Å²) >= 11 is 0. The second kappa shape index (κ2) is 5.68. The molecule has 0 spiro atoms. The molecule has 1 aromatic carbocycles. The quantitative estimate of drug-likeness (QED) is 0.733. The largest absolute Gasteiger partial charge is 0.505 e. The highest BCUT2D eigenvalue weighted by molar-refractivity contribution is 5.29. The number of nitrogens with one attached hydrogen (secondary N) is 1. The first-order chi connectivity index (χ1) is 7.15. The molecule has 1 atom stereocenters. The maximum Gasteiger partial charge on any atom is 0.165 e. The minimum absolute atomic E-state index is 0.0373. The molecule has 0 saturated carbocycles. The van der Waals surface area contributed by atoms with Gasteiger partial charge in [0.1, 0.15) is 0 Å². The number of phenolic OH excluding ortho intramolecular Hbond substituents is 1. The number of hydrogen-bond acceptors (Lipinski definition) is 3. The van der Waals surface area contributed by atoms with Crippen LogP contribution in [0.5, 0.6) is 5.75 Å². The van der Waals surface area contributed by atoms with E-state index in [0.29, 0.717) is 13.2 Å². The maximum atomic E-state index is 13.0. The van der Waals surface area contributed by atoms with Gasteiger partial charge in [-0.3, -0.25) is 0 Å². The first-order valence-electron chi connectivity index (χ1n) is 4.86. The van der Waals surface area contributed by atoms with Crippen LogP contribution in [0, 0.1) is 5.82 Å². The van der Waals surface area contributed by atoms with Crippen molar-refractivity contribution in [2.45, 2.75) is 13.0 Å². The Bertz CT molecular complexity index is 317. The van der Waals surface area contributed by atoms with Crippen molar-refractivity contribution in [3.05, 3.63) is 29.6 Å². The van der Waals surface area contributed by atoms with Crippen LogP contribution in [0.25, 0.3) is 0 Å². The zero-order chi connectivity index (χ0) is 11.3. The minimum atomic E-state index is -0.590. The molecule has 0 unspecified atom stereocenters. The summed E-state index contributed by atoms with van der Waals surface area (Å²) in [6.45, 7) is 3.26. The Kier molecular flexibility index (Phi) is 4.52. The maximum absolute atomic E-state index is 13.0. The fourth-order valence-corrected chi connectivity index (χ4v) is 1.29. The summed E-state index contributed by atoms with van der Waals surface area (Å²) in [6.07, 6.45) is 0. The van der Waals surface area contributed by atoms with E-state index >= 15 is 0 Å². The second-order valence-electron chi connectivity index (χ2n) is 3.38. The molecule has 0 aromatic heterocycles. The van der Waals surface area contributed by atoms with Crippen LogP contribution >= 0.6 is 0 Å². The van der Waals surface area contributed by atoms with Gasteiger partial charge in [0.15, 0.2) is 11.6 Å². The molecule has 0 heterocycles. The molecule has 0 bridgehead atoms. The van der Waals surface area contributed by atoms with Crippen molar-refractivity contribution in [1.29, 1.82) is 0 Å². The Morgan fingerprint density at radius 2 is 2.27 bits per heavy atom. The lowest BCUT2D eigenvalue weighted by atomic mass is 10.1. The van der Waals surface area contributed by atoms with E-state index in [1.807, 2.05) is 6.92 Å².